The van der Waals surface area contributed by atoms with E-state index in [-0.39, 0.29) is 12.6 Å². The number of benzene rings is 1. The SMILES string of the molecule is OCC(CCSc1ccc(Br)cc1)NC1CC1. The molecule has 0 heterocycles. The minimum Gasteiger partial charge on any atom is -0.395 e. The van der Waals surface area contributed by atoms with Gasteiger partial charge in [-0.25, -0.2) is 0 Å². The van der Waals surface area contributed by atoms with E-state index >= 15 is 0 Å². The van der Waals surface area contributed by atoms with E-state index < -0.39 is 0 Å². The second-order valence-electron chi connectivity index (χ2n) is 4.41. The highest BCUT2D eigenvalue weighted by Gasteiger charge is 2.23. The minimum absolute atomic E-state index is 0.247. The smallest absolute Gasteiger partial charge is 0.0585 e. The average Bonchev–Trinajstić information content (AvgIpc) is 3.14. The van der Waals surface area contributed by atoms with Gasteiger partial charge in [-0.1, -0.05) is 15.9 Å². The zero-order valence-corrected chi connectivity index (χ0v) is 12.1. The molecule has 1 aliphatic rings. The van der Waals surface area contributed by atoms with E-state index in [1.54, 1.807) is 0 Å². The third-order valence-corrected chi connectivity index (χ3v) is 4.39. The predicted octanol–water partition coefficient (Wildman–Crippen LogP) is 3.04. The normalized spacial score (nSPS) is 17.1. The Kier molecular flexibility index (Phi) is 5.35. The molecule has 0 saturated heterocycles. The van der Waals surface area contributed by atoms with Gasteiger partial charge in [0.25, 0.3) is 0 Å². The third kappa shape index (κ3) is 5.00. The van der Waals surface area contributed by atoms with Gasteiger partial charge in [0.2, 0.25) is 0 Å². The van der Waals surface area contributed by atoms with Crippen LogP contribution in [0.5, 0.6) is 0 Å². The first-order chi connectivity index (χ1) is 8.28. The molecule has 0 radical (unpaired) electrons. The monoisotopic (exact) mass is 315 g/mol. The van der Waals surface area contributed by atoms with Crippen LogP contribution in [0.4, 0.5) is 0 Å². The molecule has 4 heteroatoms. The van der Waals surface area contributed by atoms with Crippen molar-refractivity contribution >= 4 is 27.7 Å². The fourth-order valence-corrected chi connectivity index (χ4v) is 2.89. The number of aliphatic hydroxyl groups is 1. The van der Waals surface area contributed by atoms with Crippen molar-refractivity contribution in [1.29, 1.82) is 0 Å². The molecule has 1 saturated carbocycles. The Morgan fingerprint density at radius 2 is 2.06 bits per heavy atom. The molecule has 1 unspecified atom stereocenters. The molecule has 0 aliphatic heterocycles. The van der Waals surface area contributed by atoms with Crippen molar-refractivity contribution in [3.63, 3.8) is 0 Å². The first-order valence-corrected chi connectivity index (χ1v) is 7.81. The summed E-state index contributed by atoms with van der Waals surface area (Å²) in [4.78, 5) is 1.29. The summed E-state index contributed by atoms with van der Waals surface area (Å²) < 4.78 is 1.12. The number of hydrogen-bond acceptors (Lipinski definition) is 3. The van der Waals surface area contributed by atoms with Gasteiger partial charge in [-0.15, -0.1) is 11.8 Å². The van der Waals surface area contributed by atoms with E-state index in [0.717, 1.165) is 16.6 Å². The largest absolute Gasteiger partial charge is 0.395 e. The Balaban J connectivity index is 1.68. The lowest BCUT2D eigenvalue weighted by molar-refractivity contribution is 0.239. The quantitative estimate of drug-likeness (QED) is 0.759. The summed E-state index contributed by atoms with van der Waals surface area (Å²) in [6.07, 6.45) is 3.57. The highest BCUT2D eigenvalue weighted by Crippen LogP contribution is 2.23. The van der Waals surface area contributed by atoms with Gasteiger partial charge in [-0.3, -0.25) is 0 Å². The first kappa shape index (κ1) is 13.4. The van der Waals surface area contributed by atoms with E-state index in [4.69, 9.17) is 0 Å². The van der Waals surface area contributed by atoms with Gasteiger partial charge >= 0.3 is 0 Å². The van der Waals surface area contributed by atoms with Crippen LogP contribution in [0.25, 0.3) is 0 Å². The van der Waals surface area contributed by atoms with Gasteiger partial charge in [0.05, 0.1) is 6.61 Å². The van der Waals surface area contributed by atoms with Gasteiger partial charge in [0.1, 0.15) is 0 Å². The second kappa shape index (κ2) is 6.78. The molecule has 2 nitrogen and oxygen atoms in total. The summed E-state index contributed by atoms with van der Waals surface area (Å²) in [7, 11) is 0. The number of hydrogen-bond donors (Lipinski definition) is 2. The fourth-order valence-electron chi connectivity index (χ4n) is 1.66. The van der Waals surface area contributed by atoms with Crippen LogP contribution in [0.2, 0.25) is 0 Å². The molecule has 2 N–H and O–H groups in total. The highest BCUT2D eigenvalue weighted by molar-refractivity contribution is 9.10. The van der Waals surface area contributed by atoms with Crippen molar-refractivity contribution in [2.24, 2.45) is 0 Å². The Morgan fingerprint density at radius 3 is 2.65 bits per heavy atom. The molecule has 0 aromatic heterocycles. The number of nitrogens with one attached hydrogen (secondary N) is 1. The van der Waals surface area contributed by atoms with E-state index in [2.05, 4.69) is 45.5 Å². The Bertz CT molecular complexity index is 340. The summed E-state index contributed by atoms with van der Waals surface area (Å²) in [5, 5.41) is 12.7. The summed E-state index contributed by atoms with van der Waals surface area (Å²) in [5.41, 5.74) is 0. The highest BCUT2D eigenvalue weighted by atomic mass is 79.9. The van der Waals surface area contributed by atoms with Crippen LogP contribution in [-0.2, 0) is 0 Å². The summed E-state index contributed by atoms with van der Waals surface area (Å²) in [5.74, 6) is 1.05. The molecular formula is C13H18BrNOS. The van der Waals surface area contributed by atoms with Crippen LogP contribution in [0, 0.1) is 0 Å². The number of rotatable bonds is 7. The zero-order chi connectivity index (χ0) is 12.1. The van der Waals surface area contributed by atoms with Crippen LogP contribution in [0.1, 0.15) is 19.3 Å². The molecule has 1 aromatic carbocycles. The van der Waals surface area contributed by atoms with E-state index in [1.165, 1.54) is 17.7 Å². The van der Waals surface area contributed by atoms with Crippen LogP contribution in [-0.4, -0.2) is 29.5 Å². The zero-order valence-electron chi connectivity index (χ0n) is 9.73. The van der Waals surface area contributed by atoms with Crippen molar-refractivity contribution in [3.05, 3.63) is 28.7 Å². The second-order valence-corrected chi connectivity index (χ2v) is 6.50. The number of halogens is 1. The maximum atomic E-state index is 9.26. The topological polar surface area (TPSA) is 32.3 Å². The van der Waals surface area contributed by atoms with Crippen LogP contribution in [0.15, 0.2) is 33.6 Å². The third-order valence-electron chi connectivity index (χ3n) is 2.82. The molecule has 1 aliphatic carbocycles. The summed E-state index contributed by atoms with van der Waals surface area (Å²) in [6.45, 7) is 0.247. The van der Waals surface area contributed by atoms with Crippen LogP contribution >= 0.6 is 27.7 Å². The van der Waals surface area contributed by atoms with Gasteiger partial charge in [-0.2, -0.15) is 0 Å². The Morgan fingerprint density at radius 1 is 1.35 bits per heavy atom. The molecule has 1 aromatic rings. The van der Waals surface area contributed by atoms with Crippen molar-refractivity contribution in [2.75, 3.05) is 12.4 Å². The lowest BCUT2D eigenvalue weighted by Gasteiger charge is -2.15. The Hall–Kier alpha value is -0.0300. The minimum atomic E-state index is 0.247. The standard InChI is InChI=1S/C13H18BrNOS/c14-10-1-5-13(6-2-10)17-8-7-12(9-16)15-11-3-4-11/h1-2,5-6,11-12,15-16H,3-4,7-9H2. The average molecular weight is 316 g/mol. The molecule has 0 bridgehead atoms. The maximum absolute atomic E-state index is 9.26. The molecule has 1 atom stereocenters. The predicted molar refractivity (Wildman–Crippen MR) is 76.5 cm³/mol. The number of thioether (sulfide) groups is 1. The lowest BCUT2D eigenvalue weighted by Crippen LogP contribution is -2.34. The van der Waals surface area contributed by atoms with Crippen molar-refractivity contribution in [3.8, 4) is 0 Å². The Labute approximate surface area is 115 Å². The molecule has 0 amide bonds. The molecule has 0 spiro atoms. The van der Waals surface area contributed by atoms with Gasteiger partial charge < -0.3 is 10.4 Å². The lowest BCUT2D eigenvalue weighted by atomic mass is 10.2. The summed E-state index contributed by atoms with van der Waals surface area (Å²) >= 11 is 5.28. The van der Waals surface area contributed by atoms with Crippen LogP contribution < -0.4 is 5.32 Å². The van der Waals surface area contributed by atoms with Crippen LogP contribution in [0.3, 0.4) is 0 Å². The first-order valence-electron chi connectivity index (χ1n) is 6.03. The summed E-state index contributed by atoms with van der Waals surface area (Å²) in [6, 6.07) is 9.31. The van der Waals surface area contributed by atoms with E-state index in [9.17, 15) is 5.11 Å². The van der Waals surface area contributed by atoms with Crippen molar-refractivity contribution in [1.82, 2.24) is 5.32 Å². The molecule has 94 valence electrons. The van der Waals surface area contributed by atoms with Crippen molar-refractivity contribution in [2.45, 2.75) is 36.2 Å². The van der Waals surface area contributed by atoms with E-state index in [1.807, 2.05) is 11.8 Å². The maximum Gasteiger partial charge on any atom is 0.0585 e. The van der Waals surface area contributed by atoms with Gasteiger partial charge in [0.15, 0.2) is 0 Å². The van der Waals surface area contributed by atoms with Crippen molar-refractivity contribution < 1.29 is 5.11 Å². The molecule has 1 fully saturated rings. The molecule has 17 heavy (non-hydrogen) atoms. The van der Waals surface area contributed by atoms with Gasteiger partial charge in [0, 0.05) is 21.5 Å². The number of aliphatic hydroxyl groups excluding tert-OH is 1. The molecule has 2 rings (SSSR count). The molecular weight excluding hydrogens is 298 g/mol. The van der Waals surface area contributed by atoms with E-state index in [0.29, 0.717) is 6.04 Å². The van der Waals surface area contributed by atoms with Gasteiger partial charge in [-0.05, 0) is 49.3 Å². The fraction of sp³-hybridized carbons (Fsp3) is 0.538.